The highest BCUT2D eigenvalue weighted by Gasteiger charge is 2.39. The lowest BCUT2D eigenvalue weighted by atomic mass is 9.79. The van der Waals surface area contributed by atoms with Crippen LogP contribution in [0.2, 0.25) is 0 Å². The Morgan fingerprint density at radius 2 is 0.507 bits per heavy atom. The third-order valence-electron chi connectivity index (χ3n) is 16.8. The zero-order valence-corrected chi connectivity index (χ0v) is 41.4. The summed E-state index contributed by atoms with van der Waals surface area (Å²) in [5.41, 5.74) is 27.9. The number of hydrogen-bond acceptors (Lipinski definition) is 0. The average Bonchev–Trinajstić information content (AvgIpc) is 3.83. The number of rotatable bonds is 4. The molecule has 0 unspecified atom stereocenters. The van der Waals surface area contributed by atoms with Crippen LogP contribution in [0.25, 0.3) is 99.4 Å². The van der Waals surface area contributed by atoms with Gasteiger partial charge in [-0.1, -0.05) is 202 Å². The number of hydrogen-bond donors (Lipinski definition) is 0. The molecule has 0 amide bonds. The van der Waals surface area contributed by atoms with Gasteiger partial charge in [-0.3, -0.25) is 0 Å². The highest BCUT2D eigenvalue weighted by molar-refractivity contribution is 5.95. The third kappa shape index (κ3) is 6.27. The van der Waals surface area contributed by atoms with Crippen molar-refractivity contribution in [1.29, 1.82) is 0 Å². The highest BCUT2D eigenvalue weighted by Crippen LogP contribution is 2.54. The van der Waals surface area contributed by atoms with Crippen LogP contribution in [0.5, 0.6) is 0 Å². The quantitative estimate of drug-likeness (QED) is 0.165. The monoisotopic (exact) mass is 886 g/mol. The van der Waals surface area contributed by atoms with Gasteiger partial charge in [0.15, 0.2) is 0 Å². The zero-order valence-electron chi connectivity index (χ0n) is 41.4. The topological polar surface area (TPSA) is 0 Å². The molecule has 0 heterocycles. The summed E-state index contributed by atoms with van der Waals surface area (Å²) < 4.78 is 0. The van der Waals surface area contributed by atoms with Gasteiger partial charge in [0.1, 0.15) is 0 Å². The fourth-order valence-corrected chi connectivity index (χ4v) is 12.6. The first-order valence-corrected chi connectivity index (χ1v) is 25.0. The molecule has 0 nitrogen and oxygen atoms in total. The number of benzene rings is 10. The molecule has 0 spiro atoms. The predicted molar refractivity (Wildman–Crippen MR) is 295 cm³/mol. The van der Waals surface area contributed by atoms with Crippen molar-refractivity contribution >= 4 is 21.5 Å². The Kier molecular flexibility index (Phi) is 8.73. The maximum absolute atomic E-state index is 2.48. The van der Waals surface area contributed by atoms with E-state index in [9.17, 15) is 0 Å². The van der Waals surface area contributed by atoms with Gasteiger partial charge in [-0.15, -0.1) is 0 Å². The van der Waals surface area contributed by atoms with E-state index in [1.807, 2.05) is 0 Å². The second kappa shape index (κ2) is 14.4. The van der Waals surface area contributed by atoms with Crippen LogP contribution in [0.15, 0.2) is 188 Å². The highest BCUT2D eigenvalue weighted by atomic mass is 14.4. The van der Waals surface area contributed by atoms with Crippen LogP contribution in [0, 0.1) is 0 Å². The Hall–Kier alpha value is -7.28. The molecule has 0 bridgehead atoms. The second-order valence-corrected chi connectivity index (χ2v) is 23.0. The molecular weight excluding hydrogens is 829 g/mol. The molecule has 0 fully saturated rings. The molecule has 0 saturated heterocycles. The standard InChI is InChI=1S/C69H58/c1-66(2,3)53-26-20-46-34-44(18-19-47(46)35-53)41-14-15-43-33-45(17-16-42(43)32-41)48-21-28-56-57-30-24-51(39-63(57)68(6,7)62(56)36-48)52-25-31-59-58-29-23-50(38-64(58)69(8,9)65(59)40-52)49-22-27-55-54-12-10-11-13-60(54)67(4,5)61(55)37-49/h10-40H,1-9H3. The van der Waals surface area contributed by atoms with Crippen LogP contribution in [-0.2, 0) is 21.7 Å². The molecule has 0 radical (unpaired) electrons. The summed E-state index contributed by atoms with van der Waals surface area (Å²) in [6.45, 7) is 21.2. The van der Waals surface area contributed by atoms with Crippen molar-refractivity contribution in [2.45, 2.75) is 84.0 Å². The fraction of sp³-hybridized carbons (Fsp3) is 0.188. The van der Waals surface area contributed by atoms with Crippen LogP contribution >= 0.6 is 0 Å². The van der Waals surface area contributed by atoms with Gasteiger partial charge in [0.25, 0.3) is 0 Å². The molecule has 334 valence electrons. The molecule has 0 N–H and O–H groups in total. The lowest BCUT2D eigenvalue weighted by molar-refractivity contribution is 0.591. The number of fused-ring (bicyclic) bond motifs is 11. The molecule has 3 aliphatic carbocycles. The van der Waals surface area contributed by atoms with E-state index in [0.29, 0.717) is 0 Å². The molecular formula is C69H58. The lowest BCUT2D eigenvalue weighted by Crippen LogP contribution is -2.16. The van der Waals surface area contributed by atoms with E-state index in [1.165, 1.54) is 138 Å². The largest absolute Gasteiger partial charge is 0.0619 e. The minimum absolute atomic E-state index is 0.0228. The molecule has 0 aromatic heterocycles. The summed E-state index contributed by atoms with van der Waals surface area (Å²) in [4.78, 5) is 0. The summed E-state index contributed by atoms with van der Waals surface area (Å²) >= 11 is 0. The van der Waals surface area contributed by atoms with Gasteiger partial charge >= 0.3 is 0 Å². The van der Waals surface area contributed by atoms with E-state index in [2.05, 4.69) is 250 Å². The van der Waals surface area contributed by atoms with Crippen LogP contribution in [0.3, 0.4) is 0 Å². The normalized spacial score (nSPS) is 15.4. The minimum Gasteiger partial charge on any atom is -0.0619 e. The van der Waals surface area contributed by atoms with E-state index in [1.54, 1.807) is 0 Å². The molecule has 0 heteroatoms. The Balaban J connectivity index is 0.773. The molecule has 0 atom stereocenters. The van der Waals surface area contributed by atoms with Crippen molar-refractivity contribution < 1.29 is 0 Å². The van der Waals surface area contributed by atoms with Crippen molar-refractivity contribution in [3.05, 3.63) is 227 Å². The van der Waals surface area contributed by atoms with E-state index < -0.39 is 0 Å². The van der Waals surface area contributed by atoms with Crippen LogP contribution in [-0.4, -0.2) is 0 Å². The first-order valence-electron chi connectivity index (χ1n) is 25.0. The van der Waals surface area contributed by atoms with Gasteiger partial charge in [-0.05, 0) is 192 Å². The van der Waals surface area contributed by atoms with Gasteiger partial charge in [0.2, 0.25) is 0 Å². The maximum atomic E-state index is 2.48. The Bertz CT molecular complexity index is 3840. The third-order valence-corrected chi connectivity index (χ3v) is 16.8. The van der Waals surface area contributed by atoms with Gasteiger partial charge in [-0.25, -0.2) is 0 Å². The van der Waals surface area contributed by atoms with E-state index in [4.69, 9.17) is 0 Å². The van der Waals surface area contributed by atoms with Crippen LogP contribution in [0.4, 0.5) is 0 Å². The van der Waals surface area contributed by atoms with Crippen molar-refractivity contribution in [2.75, 3.05) is 0 Å². The van der Waals surface area contributed by atoms with E-state index >= 15 is 0 Å². The molecule has 0 saturated carbocycles. The van der Waals surface area contributed by atoms with Crippen molar-refractivity contribution in [1.82, 2.24) is 0 Å². The Morgan fingerprint density at radius 3 is 0.855 bits per heavy atom. The Morgan fingerprint density at radius 1 is 0.246 bits per heavy atom. The summed E-state index contributed by atoms with van der Waals surface area (Å²) in [6, 6.07) is 72.4. The van der Waals surface area contributed by atoms with Gasteiger partial charge < -0.3 is 0 Å². The van der Waals surface area contributed by atoms with Crippen molar-refractivity contribution in [3.63, 3.8) is 0 Å². The smallest absolute Gasteiger partial charge is 0.0159 e. The van der Waals surface area contributed by atoms with E-state index in [-0.39, 0.29) is 21.7 Å². The van der Waals surface area contributed by atoms with Crippen LogP contribution < -0.4 is 0 Å². The van der Waals surface area contributed by atoms with E-state index in [0.717, 1.165) is 0 Å². The summed E-state index contributed by atoms with van der Waals surface area (Å²) in [6.07, 6.45) is 0. The molecule has 3 aliphatic rings. The molecule has 0 aliphatic heterocycles. The van der Waals surface area contributed by atoms with Crippen LogP contribution in [0.1, 0.15) is 101 Å². The van der Waals surface area contributed by atoms with Crippen molar-refractivity contribution in [2.24, 2.45) is 0 Å². The lowest BCUT2D eigenvalue weighted by Gasteiger charge is -2.24. The SMILES string of the molecule is CC(C)(C)c1ccc2cc(-c3ccc4cc(-c5ccc6c(c5)C(C)(C)c5cc(-c7ccc8c(c7)C(C)(C)c7cc(-c9ccc%10c(c9)C(C)(C)c9ccccc9-%10)ccc7-8)ccc5-6)ccc4c3)ccc2c1. The molecule has 10 aromatic carbocycles. The van der Waals surface area contributed by atoms with Gasteiger partial charge in [0, 0.05) is 16.2 Å². The first-order chi connectivity index (χ1) is 33.0. The van der Waals surface area contributed by atoms with Gasteiger partial charge in [-0.2, -0.15) is 0 Å². The summed E-state index contributed by atoms with van der Waals surface area (Å²) in [5.74, 6) is 0. The van der Waals surface area contributed by atoms with Gasteiger partial charge in [0.05, 0.1) is 0 Å². The minimum atomic E-state index is -0.144. The second-order valence-electron chi connectivity index (χ2n) is 23.0. The average molecular weight is 887 g/mol. The predicted octanol–water partition coefficient (Wildman–Crippen LogP) is 18.9. The zero-order chi connectivity index (χ0) is 47.4. The maximum Gasteiger partial charge on any atom is 0.0159 e. The first kappa shape index (κ1) is 41.9. The molecule has 10 aromatic rings. The fourth-order valence-electron chi connectivity index (χ4n) is 12.6. The summed E-state index contributed by atoms with van der Waals surface area (Å²) in [5, 5.41) is 5.10. The summed E-state index contributed by atoms with van der Waals surface area (Å²) in [7, 11) is 0. The Labute approximate surface area is 408 Å². The molecule has 69 heavy (non-hydrogen) atoms. The van der Waals surface area contributed by atoms with Crippen molar-refractivity contribution in [3.8, 4) is 77.9 Å². The molecule has 13 rings (SSSR count).